The van der Waals surface area contributed by atoms with E-state index < -0.39 is 0 Å². The Labute approximate surface area is 105 Å². The largest absolute Gasteiger partial charge is 0.383 e. The topological polar surface area (TPSA) is 33.3 Å². The molecule has 1 rings (SSSR count). The molecule has 1 aromatic rings. The first-order valence-electron chi connectivity index (χ1n) is 6.31. The van der Waals surface area contributed by atoms with Crippen LogP contribution in [0.15, 0.2) is 18.2 Å². The van der Waals surface area contributed by atoms with E-state index in [2.05, 4.69) is 42.7 Å². The first-order valence-corrected chi connectivity index (χ1v) is 6.31. The van der Waals surface area contributed by atoms with Crippen molar-refractivity contribution in [3.05, 3.63) is 29.3 Å². The average molecular weight is 236 g/mol. The SMILES string of the molecule is CCc1cccc(C)c1NCCNCCOC. The van der Waals surface area contributed by atoms with Crippen LogP contribution >= 0.6 is 0 Å². The molecule has 0 aliphatic rings. The Balaban J connectivity index is 2.35. The van der Waals surface area contributed by atoms with Crippen LogP contribution in [0.4, 0.5) is 5.69 Å². The molecule has 0 aliphatic heterocycles. The van der Waals surface area contributed by atoms with Gasteiger partial charge in [-0.25, -0.2) is 0 Å². The minimum absolute atomic E-state index is 0.768. The maximum atomic E-state index is 4.98. The van der Waals surface area contributed by atoms with Gasteiger partial charge in [-0.05, 0) is 24.5 Å². The highest BCUT2D eigenvalue weighted by Crippen LogP contribution is 2.20. The van der Waals surface area contributed by atoms with Crippen molar-refractivity contribution in [1.82, 2.24) is 5.32 Å². The number of benzene rings is 1. The Morgan fingerprint density at radius 2 is 2.00 bits per heavy atom. The second-order valence-electron chi connectivity index (χ2n) is 4.13. The molecule has 17 heavy (non-hydrogen) atoms. The Morgan fingerprint density at radius 3 is 2.71 bits per heavy atom. The molecule has 0 bridgehead atoms. The van der Waals surface area contributed by atoms with Crippen LogP contribution in [0.5, 0.6) is 0 Å². The summed E-state index contributed by atoms with van der Waals surface area (Å²) in [6.45, 7) is 7.93. The fourth-order valence-corrected chi connectivity index (χ4v) is 1.85. The van der Waals surface area contributed by atoms with Crippen LogP contribution in [-0.4, -0.2) is 33.4 Å². The third-order valence-electron chi connectivity index (χ3n) is 2.83. The van der Waals surface area contributed by atoms with Gasteiger partial charge in [0.2, 0.25) is 0 Å². The number of para-hydroxylation sites is 1. The molecule has 0 fully saturated rings. The van der Waals surface area contributed by atoms with Crippen LogP contribution in [0, 0.1) is 6.92 Å². The van der Waals surface area contributed by atoms with Gasteiger partial charge < -0.3 is 15.4 Å². The molecule has 96 valence electrons. The van der Waals surface area contributed by atoms with E-state index in [0.29, 0.717) is 0 Å². The lowest BCUT2D eigenvalue weighted by Gasteiger charge is -2.14. The molecule has 0 saturated heterocycles. The van der Waals surface area contributed by atoms with Gasteiger partial charge in [0.25, 0.3) is 0 Å². The summed E-state index contributed by atoms with van der Waals surface area (Å²) in [6.07, 6.45) is 1.07. The Morgan fingerprint density at radius 1 is 1.18 bits per heavy atom. The molecule has 0 atom stereocenters. The summed E-state index contributed by atoms with van der Waals surface area (Å²) in [4.78, 5) is 0. The van der Waals surface area contributed by atoms with E-state index in [1.54, 1.807) is 7.11 Å². The predicted molar refractivity (Wildman–Crippen MR) is 73.8 cm³/mol. The van der Waals surface area contributed by atoms with E-state index >= 15 is 0 Å². The molecule has 3 nitrogen and oxygen atoms in total. The van der Waals surface area contributed by atoms with Crippen molar-refractivity contribution in [2.24, 2.45) is 0 Å². The molecular weight excluding hydrogens is 212 g/mol. The van der Waals surface area contributed by atoms with Crippen molar-refractivity contribution in [2.75, 3.05) is 38.7 Å². The third kappa shape index (κ3) is 4.75. The number of hydrogen-bond donors (Lipinski definition) is 2. The quantitative estimate of drug-likeness (QED) is 0.679. The van der Waals surface area contributed by atoms with Crippen molar-refractivity contribution < 1.29 is 4.74 Å². The highest BCUT2D eigenvalue weighted by Gasteiger charge is 2.02. The summed E-state index contributed by atoms with van der Waals surface area (Å²) < 4.78 is 4.98. The van der Waals surface area contributed by atoms with Crippen molar-refractivity contribution in [3.63, 3.8) is 0 Å². The zero-order chi connectivity index (χ0) is 12.5. The van der Waals surface area contributed by atoms with Gasteiger partial charge in [-0.2, -0.15) is 0 Å². The Kier molecular flexibility index (Phi) is 6.67. The van der Waals surface area contributed by atoms with Crippen molar-refractivity contribution in [1.29, 1.82) is 0 Å². The van der Waals surface area contributed by atoms with Crippen molar-refractivity contribution >= 4 is 5.69 Å². The number of rotatable bonds is 8. The third-order valence-corrected chi connectivity index (χ3v) is 2.83. The molecule has 0 unspecified atom stereocenters. The fourth-order valence-electron chi connectivity index (χ4n) is 1.85. The number of ether oxygens (including phenoxy) is 1. The summed E-state index contributed by atoms with van der Waals surface area (Å²) in [5, 5.41) is 6.83. The second kappa shape index (κ2) is 8.09. The number of hydrogen-bond acceptors (Lipinski definition) is 3. The van der Waals surface area contributed by atoms with Gasteiger partial charge in [0.15, 0.2) is 0 Å². The Bertz CT molecular complexity index is 326. The van der Waals surface area contributed by atoms with Gasteiger partial charge in [0, 0.05) is 32.4 Å². The van der Waals surface area contributed by atoms with Gasteiger partial charge in [-0.15, -0.1) is 0 Å². The van der Waals surface area contributed by atoms with Gasteiger partial charge in [0.05, 0.1) is 6.61 Å². The standard InChI is InChI=1S/C14H24N2O/c1-4-13-7-5-6-12(2)14(13)16-9-8-15-10-11-17-3/h5-7,15-16H,4,8-11H2,1-3H3. The van der Waals surface area contributed by atoms with E-state index in [4.69, 9.17) is 4.74 Å². The molecule has 0 heterocycles. The smallest absolute Gasteiger partial charge is 0.0587 e. The molecular formula is C14H24N2O. The van der Waals surface area contributed by atoms with Gasteiger partial charge in [-0.3, -0.25) is 0 Å². The first-order chi connectivity index (χ1) is 8.29. The summed E-state index contributed by atoms with van der Waals surface area (Å²) in [5.41, 5.74) is 4.01. The van der Waals surface area contributed by atoms with Crippen molar-refractivity contribution in [3.8, 4) is 0 Å². The van der Waals surface area contributed by atoms with Gasteiger partial charge in [-0.1, -0.05) is 25.1 Å². The lowest BCUT2D eigenvalue weighted by molar-refractivity contribution is 0.200. The Hall–Kier alpha value is -1.06. The molecule has 0 aliphatic carbocycles. The van der Waals surface area contributed by atoms with E-state index in [0.717, 1.165) is 32.7 Å². The van der Waals surface area contributed by atoms with Crippen molar-refractivity contribution in [2.45, 2.75) is 20.3 Å². The molecule has 3 heteroatoms. The number of anilines is 1. The zero-order valence-electron chi connectivity index (χ0n) is 11.2. The molecule has 0 aromatic heterocycles. The van der Waals surface area contributed by atoms with Crippen LogP contribution in [0.3, 0.4) is 0 Å². The second-order valence-corrected chi connectivity index (χ2v) is 4.13. The summed E-state index contributed by atoms with van der Waals surface area (Å²) in [6, 6.07) is 6.46. The normalized spacial score (nSPS) is 10.5. The van der Waals surface area contributed by atoms with Crippen LogP contribution in [0.25, 0.3) is 0 Å². The van der Waals surface area contributed by atoms with Crippen LogP contribution in [0.2, 0.25) is 0 Å². The minimum atomic E-state index is 0.768. The zero-order valence-corrected chi connectivity index (χ0v) is 11.2. The van der Waals surface area contributed by atoms with E-state index in [1.807, 2.05) is 0 Å². The lowest BCUT2D eigenvalue weighted by Crippen LogP contribution is -2.25. The predicted octanol–water partition coefficient (Wildman–Crippen LogP) is 2.21. The van der Waals surface area contributed by atoms with E-state index in [-0.39, 0.29) is 0 Å². The molecule has 0 saturated carbocycles. The minimum Gasteiger partial charge on any atom is -0.383 e. The highest BCUT2D eigenvalue weighted by atomic mass is 16.5. The van der Waals surface area contributed by atoms with E-state index in [9.17, 15) is 0 Å². The average Bonchev–Trinajstić information content (AvgIpc) is 2.35. The number of aryl methyl sites for hydroxylation is 2. The molecule has 0 radical (unpaired) electrons. The monoisotopic (exact) mass is 236 g/mol. The molecule has 2 N–H and O–H groups in total. The van der Waals surface area contributed by atoms with Gasteiger partial charge >= 0.3 is 0 Å². The number of nitrogens with one attached hydrogen (secondary N) is 2. The van der Waals surface area contributed by atoms with Crippen LogP contribution in [0.1, 0.15) is 18.1 Å². The number of methoxy groups -OCH3 is 1. The first kappa shape index (κ1) is 14.0. The molecule has 1 aromatic carbocycles. The molecule has 0 spiro atoms. The lowest BCUT2D eigenvalue weighted by atomic mass is 10.1. The van der Waals surface area contributed by atoms with E-state index in [1.165, 1.54) is 16.8 Å². The van der Waals surface area contributed by atoms with Gasteiger partial charge in [0.1, 0.15) is 0 Å². The molecule has 0 amide bonds. The fraction of sp³-hybridized carbons (Fsp3) is 0.571. The summed E-state index contributed by atoms with van der Waals surface area (Å²) >= 11 is 0. The summed E-state index contributed by atoms with van der Waals surface area (Å²) in [5.74, 6) is 0. The van der Waals surface area contributed by atoms with Crippen LogP contribution < -0.4 is 10.6 Å². The highest BCUT2D eigenvalue weighted by molar-refractivity contribution is 5.57. The summed E-state index contributed by atoms with van der Waals surface area (Å²) in [7, 11) is 1.72. The maximum absolute atomic E-state index is 4.98. The van der Waals surface area contributed by atoms with Crippen LogP contribution in [-0.2, 0) is 11.2 Å². The maximum Gasteiger partial charge on any atom is 0.0587 e.